The molecular formula is C7H12O3. The average Bonchev–Trinajstić information content (AvgIpc) is 1.87. The van der Waals surface area contributed by atoms with Crippen LogP contribution in [0.25, 0.3) is 0 Å². The van der Waals surface area contributed by atoms with Crippen molar-refractivity contribution in [3.63, 3.8) is 0 Å². The van der Waals surface area contributed by atoms with Crippen LogP contribution >= 0.6 is 0 Å². The van der Waals surface area contributed by atoms with E-state index in [0.29, 0.717) is 6.42 Å². The lowest BCUT2D eigenvalue weighted by molar-refractivity contribution is -0.141. The highest BCUT2D eigenvalue weighted by atomic mass is 16.3. The summed E-state index contributed by atoms with van der Waals surface area (Å²) in [5.74, 6) is -1.15. The molecule has 0 aliphatic heterocycles. The van der Waals surface area contributed by atoms with Gasteiger partial charge in [0.2, 0.25) is 11.6 Å². The van der Waals surface area contributed by atoms with Crippen LogP contribution in [0.4, 0.5) is 0 Å². The van der Waals surface area contributed by atoms with Gasteiger partial charge in [-0.15, -0.1) is 0 Å². The van der Waals surface area contributed by atoms with Crippen molar-refractivity contribution in [3.8, 4) is 0 Å². The molecule has 58 valence electrons. The fourth-order valence-electron chi connectivity index (χ4n) is 0.583. The van der Waals surface area contributed by atoms with Crippen LogP contribution < -0.4 is 0 Å². The maximum Gasteiger partial charge on any atom is 0.226 e. The van der Waals surface area contributed by atoms with Crippen LogP contribution in [0.5, 0.6) is 0 Å². The zero-order valence-electron chi connectivity index (χ0n) is 6.26. The fourth-order valence-corrected chi connectivity index (χ4v) is 0.583. The summed E-state index contributed by atoms with van der Waals surface area (Å²) in [6.07, 6.45) is -0.250. The number of Topliss-reactive ketones (excluding diaryl/α,β-unsaturated/α-hetero) is 2. The van der Waals surface area contributed by atoms with Gasteiger partial charge in [0.05, 0.1) is 0 Å². The number of ketones is 2. The second kappa shape index (κ2) is 4.17. The summed E-state index contributed by atoms with van der Waals surface area (Å²) in [7, 11) is 0. The van der Waals surface area contributed by atoms with Crippen molar-refractivity contribution in [2.45, 2.75) is 32.8 Å². The summed E-state index contributed by atoms with van der Waals surface area (Å²) in [5, 5.41) is 8.65. The zero-order chi connectivity index (χ0) is 8.15. The lowest BCUT2D eigenvalue weighted by Gasteiger charge is -1.99. The Labute approximate surface area is 60.0 Å². The van der Waals surface area contributed by atoms with E-state index in [1.807, 2.05) is 6.92 Å². The number of aliphatic hydroxyl groups is 1. The molecule has 0 rings (SSSR count). The third kappa shape index (κ3) is 2.73. The Morgan fingerprint density at radius 2 is 2.00 bits per heavy atom. The van der Waals surface area contributed by atoms with E-state index in [1.54, 1.807) is 0 Å². The molecule has 1 atom stereocenters. The van der Waals surface area contributed by atoms with Gasteiger partial charge >= 0.3 is 0 Å². The first-order chi connectivity index (χ1) is 4.59. The molecule has 10 heavy (non-hydrogen) atoms. The van der Waals surface area contributed by atoms with E-state index < -0.39 is 17.7 Å². The Hall–Kier alpha value is -0.700. The molecule has 3 nitrogen and oxygen atoms in total. The summed E-state index contributed by atoms with van der Waals surface area (Å²) >= 11 is 0. The summed E-state index contributed by atoms with van der Waals surface area (Å²) in [6.45, 7) is 3.11. The van der Waals surface area contributed by atoms with Gasteiger partial charge in [0.1, 0.15) is 6.10 Å². The molecular weight excluding hydrogens is 132 g/mol. The smallest absolute Gasteiger partial charge is 0.226 e. The van der Waals surface area contributed by atoms with Crippen molar-refractivity contribution < 1.29 is 14.7 Å². The minimum absolute atomic E-state index is 0.240. The van der Waals surface area contributed by atoms with Gasteiger partial charge in [-0.2, -0.15) is 0 Å². The zero-order valence-corrected chi connectivity index (χ0v) is 6.26. The topological polar surface area (TPSA) is 54.4 Å². The molecule has 0 aliphatic rings. The van der Waals surface area contributed by atoms with Crippen LogP contribution in [0.1, 0.15) is 26.7 Å². The fraction of sp³-hybridized carbons (Fsp3) is 0.714. The van der Waals surface area contributed by atoms with Gasteiger partial charge in [-0.1, -0.05) is 6.92 Å². The number of aliphatic hydroxyl groups excluding tert-OH is 1. The number of carbonyl (C=O) groups is 2. The first-order valence-electron chi connectivity index (χ1n) is 3.34. The Kier molecular flexibility index (Phi) is 3.88. The molecule has 0 radical (unpaired) electrons. The maximum absolute atomic E-state index is 10.7. The number of rotatable bonds is 4. The SMILES string of the molecule is CCCC(=O)C(=O)C(C)O. The Morgan fingerprint density at radius 3 is 2.30 bits per heavy atom. The summed E-state index contributed by atoms with van der Waals surface area (Å²) in [5.41, 5.74) is 0. The van der Waals surface area contributed by atoms with Crippen LogP contribution in [0.3, 0.4) is 0 Å². The highest BCUT2D eigenvalue weighted by molar-refractivity contribution is 6.38. The molecule has 0 aromatic rings. The lowest BCUT2D eigenvalue weighted by atomic mass is 10.1. The molecule has 0 bridgehead atoms. The van der Waals surface area contributed by atoms with E-state index in [2.05, 4.69) is 0 Å². The largest absolute Gasteiger partial charge is 0.385 e. The predicted molar refractivity (Wildman–Crippen MR) is 36.6 cm³/mol. The van der Waals surface area contributed by atoms with Gasteiger partial charge in [0.15, 0.2) is 0 Å². The summed E-state index contributed by atoms with van der Waals surface area (Å²) in [4.78, 5) is 21.3. The Balaban J connectivity index is 3.83. The molecule has 1 unspecified atom stereocenters. The summed E-state index contributed by atoms with van der Waals surface area (Å²) < 4.78 is 0. The molecule has 0 saturated carbocycles. The standard InChI is InChI=1S/C7H12O3/c1-3-4-6(9)7(10)5(2)8/h5,8H,3-4H2,1-2H3. The van der Waals surface area contributed by atoms with E-state index in [9.17, 15) is 9.59 Å². The number of hydrogen-bond donors (Lipinski definition) is 1. The minimum Gasteiger partial charge on any atom is -0.385 e. The molecule has 0 aromatic carbocycles. The quantitative estimate of drug-likeness (QED) is 0.577. The first kappa shape index (κ1) is 9.30. The Bertz CT molecular complexity index is 138. The van der Waals surface area contributed by atoms with Gasteiger partial charge in [0, 0.05) is 6.42 Å². The molecule has 0 spiro atoms. The van der Waals surface area contributed by atoms with Gasteiger partial charge in [0.25, 0.3) is 0 Å². The molecule has 0 aliphatic carbocycles. The molecule has 3 heteroatoms. The molecule has 0 amide bonds. The monoisotopic (exact) mass is 144 g/mol. The maximum atomic E-state index is 10.7. The molecule has 0 fully saturated rings. The van der Waals surface area contributed by atoms with Crippen LogP contribution in [-0.4, -0.2) is 22.8 Å². The Morgan fingerprint density at radius 1 is 1.50 bits per heavy atom. The first-order valence-corrected chi connectivity index (χ1v) is 3.34. The average molecular weight is 144 g/mol. The molecule has 1 N–H and O–H groups in total. The number of carbonyl (C=O) groups excluding carboxylic acids is 2. The van der Waals surface area contributed by atoms with E-state index in [0.717, 1.165) is 0 Å². The van der Waals surface area contributed by atoms with Crippen molar-refractivity contribution in [1.82, 2.24) is 0 Å². The van der Waals surface area contributed by atoms with Crippen LogP contribution in [0.15, 0.2) is 0 Å². The highest BCUT2D eigenvalue weighted by Gasteiger charge is 2.16. The van der Waals surface area contributed by atoms with Gasteiger partial charge in [-0.25, -0.2) is 0 Å². The van der Waals surface area contributed by atoms with Crippen molar-refractivity contribution in [2.24, 2.45) is 0 Å². The molecule has 0 heterocycles. The van der Waals surface area contributed by atoms with Crippen LogP contribution in [0.2, 0.25) is 0 Å². The normalized spacial score (nSPS) is 12.7. The summed E-state index contributed by atoms with van der Waals surface area (Å²) in [6, 6.07) is 0. The minimum atomic E-state index is -1.14. The van der Waals surface area contributed by atoms with Crippen LogP contribution in [0, 0.1) is 0 Å². The third-order valence-corrected chi connectivity index (χ3v) is 1.13. The third-order valence-electron chi connectivity index (χ3n) is 1.13. The van der Waals surface area contributed by atoms with E-state index in [1.165, 1.54) is 6.92 Å². The second-order valence-electron chi connectivity index (χ2n) is 2.21. The van der Waals surface area contributed by atoms with Gasteiger partial charge in [-0.05, 0) is 13.3 Å². The van der Waals surface area contributed by atoms with E-state index >= 15 is 0 Å². The molecule has 0 aromatic heterocycles. The lowest BCUT2D eigenvalue weighted by Crippen LogP contribution is -2.25. The second-order valence-corrected chi connectivity index (χ2v) is 2.21. The van der Waals surface area contributed by atoms with Crippen molar-refractivity contribution in [2.75, 3.05) is 0 Å². The van der Waals surface area contributed by atoms with Crippen molar-refractivity contribution >= 4 is 11.6 Å². The van der Waals surface area contributed by atoms with Gasteiger partial charge < -0.3 is 5.11 Å². The van der Waals surface area contributed by atoms with Crippen molar-refractivity contribution in [3.05, 3.63) is 0 Å². The molecule has 0 saturated heterocycles. The van der Waals surface area contributed by atoms with E-state index in [-0.39, 0.29) is 6.42 Å². The number of hydrogen-bond acceptors (Lipinski definition) is 3. The predicted octanol–water partition coefficient (Wildman–Crippen LogP) is 0.305. The van der Waals surface area contributed by atoms with Crippen LogP contribution in [-0.2, 0) is 9.59 Å². The van der Waals surface area contributed by atoms with Gasteiger partial charge in [-0.3, -0.25) is 9.59 Å². The van der Waals surface area contributed by atoms with E-state index in [4.69, 9.17) is 5.11 Å². The van der Waals surface area contributed by atoms with Crippen molar-refractivity contribution in [1.29, 1.82) is 0 Å². The highest BCUT2D eigenvalue weighted by Crippen LogP contribution is 1.93.